The summed E-state index contributed by atoms with van der Waals surface area (Å²) < 4.78 is 0. The van der Waals surface area contributed by atoms with Crippen molar-refractivity contribution < 1.29 is 0 Å². The number of fused-ring (bicyclic) bond motifs is 1. The van der Waals surface area contributed by atoms with Crippen LogP contribution in [-0.4, -0.2) is 26.4 Å². The molecule has 0 bridgehead atoms. The lowest BCUT2D eigenvalue weighted by atomic mass is 10.1. The predicted octanol–water partition coefficient (Wildman–Crippen LogP) is 0.694. The number of aromatic amines is 3. The molecule has 1 aromatic carbocycles. The number of hydrazone groups is 1. The Labute approximate surface area is 117 Å². The molecule has 8 heteroatoms. The maximum Gasteiger partial charge on any atom is 0.342 e. The number of aryl methyl sites for hydroxylation is 1. The van der Waals surface area contributed by atoms with Gasteiger partial charge in [-0.15, -0.1) is 5.10 Å². The minimum absolute atomic E-state index is 0.0802. The van der Waals surface area contributed by atoms with Crippen molar-refractivity contribution in [3.05, 3.63) is 56.4 Å². The van der Waals surface area contributed by atoms with Crippen molar-refractivity contribution in [2.45, 2.75) is 6.92 Å². The number of H-pyrrole nitrogens is 3. The summed E-state index contributed by atoms with van der Waals surface area (Å²) in [4.78, 5) is 27.6. The van der Waals surface area contributed by atoms with E-state index in [-0.39, 0.29) is 5.82 Å². The Hall–Kier alpha value is -3.16. The lowest BCUT2D eigenvalue weighted by molar-refractivity contribution is 0.890. The van der Waals surface area contributed by atoms with E-state index in [2.05, 4.69) is 30.7 Å². The lowest BCUT2D eigenvalue weighted by Gasteiger charge is -1.96. The van der Waals surface area contributed by atoms with Crippen molar-refractivity contribution in [2.75, 3.05) is 5.43 Å². The van der Waals surface area contributed by atoms with Crippen molar-refractivity contribution in [2.24, 2.45) is 5.10 Å². The van der Waals surface area contributed by atoms with Crippen molar-refractivity contribution in [3.63, 3.8) is 0 Å². The van der Waals surface area contributed by atoms with Gasteiger partial charge in [-0.1, -0.05) is 18.2 Å². The fourth-order valence-electron chi connectivity index (χ4n) is 2.05. The third kappa shape index (κ3) is 2.46. The third-order valence-corrected chi connectivity index (χ3v) is 3.02. The monoisotopic (exact) mass is 284 g/mol. The maximum absolute atomic E-state index is 11.4. The van der Waals surface area contributed by atoms with E-state index in [0.717, 1.165) is 22.2 Å². The lowest BCUT2D eigenvalue weighted by Crippen LogP contribution is -2.25. The summed E-state index contributed by atoms with van der Waals surface area (Å²) in [6, 6.07) is 7.84. The van der Waals surface area contributed by atoms with Gasteiger partial charge in [-0.25, -0.2) is 9.89 Å². The zero-order valence-corrected chi connectivity index (χ0v) is 11.1. The molecule has 2 heterocycles. The molecule has 0 aliphatic heterocycles. The Kier molecular flexibility index (Phi) is 3.11. The summed E-state index contributed by atoms with van der Waals surface area (Å²) in [6.07, 6.45) is 1.60. The summed E-state index contributed by atoms with van der Waals surface area (Å²) in [5.41, 5.74) is 4.09. The number of nitrogens with zero attached hydrogens (tertiary/aromatic N) is 2. The molecule has 8 nitrogen and oxygen atoms in total. The Balaban J connectivity index is 1.90. The second-order valence-corrected chi connectivity index (χ2v) is 4.43. The average molecular weight is 284 g/mol. The Morgan fingerprint density at radius 1 is 1.24 bits per heavy atom. The minimum atomic E-state index is -0.665. The Morgan fingerprint density at radius 3 is 2.86 bits per heavy atom. The van der Waals surface area contributed by atoms with Gasteiger partial charge < -0.3 is 4.98 Å². The van der Waals surface area contributed by atoms with E-state index >= 15 is 0 Å². The molecule has 0 spiro atoms. The normalized spacial score (nSPS) is 11.3. The Bertz CT molecular complexity index is 933. The topological polar surface area (TPSA) is 119 Å². The van der Waals surface area contributed by atoms with Gasteiger partial charge in [0.15, 0.2) is 0 Å². The summed E-state index contributed by atoms with van der Waals surface area (Å²) in [5, 5.41) is 10.7. The highest BCUT2D eigenvalue weighted by Crippen LogP contribution is 2.19. The van der Waals surface area contributed by atoms with Gasteiger partial charge in [-0.05, 0) is 13.0 Å². The van der Waals surface area contributed by atoms with Crippen LogP contribution in [0.1, 0.15) is 11.3 Å². The van der Waals surface area contributed by atoms with E-state index in [1.807, 2.05) is 31.2 Å². The van der Waals surface area contributed by atoms with Gasteiger partial charge in [0.25, 0.3) is 5.56 Å². The van der Waals surface area contributed by atoms with E-state index in [1.165, 1.54) is 0 Å². The molecule has 106 valence electrons. The molecular formula is C13H12N6O2. The highest BCUT2D eigenvalue weighted by atomic mass is 16.2. The van der Waals surface area contributed by atoms with Crippen molar-refractivity contribution in [3.8, 4) is 0 Å². The van der Waals surface area contributed by atoms with Crippen LogP contribution < -0.4 is 16.7 Å². The first-order valence-corrected chi connectivity index (χ1v) is 6.20. The van der Waals surface area contributed by atoms with E-state index in [4.69, 9.17) is 0 Å². The van der Waals surface area contributed by atoms with Gasteiger partial charge in [0.05, 0.1) is 6.21 Å². The van der Waals surface area contributed by atoms with Crippen LogP contribution in [0.25, 0.3) is 10.9 Å². The Morgan fingerprint density at radius 2 is 2.05 bits per heavy atom. The molecular weight excluding hydrogens is 272 g/mol. The summed E-state index contributed by atoms with van der Waals surface area (Å²) >= 11 is 0. The van der Waals surface area contributed by atoms with Crippen LogP contribution in [-0.2, 0) is 0 Å². The largest absolute Gasteiger partial charge is 0.358 e. The number of para-hydroxylation sites is 1. The molecule has 21 heavy (non-hydrogen) atoms. The third-order valence-electron chi connectivity index (χ3n) is 3.02. The number of aromatic nitrogens is 4. The first-order chi connectivity index (χ1) is 10.1. The van der Waals surface area contributed by atoms with E-state index in [0.29, 0.717) is 0 Å². The van der Waals surface area contributed by atoms with Gasteiger partial charge in [0.2, 0.25) is 5.82 Å². The highest BCUT2D eigenvalue weighted by Gasteiger charge is 2.05. The van der Waals surface area contributed by atoms with Gasteiger partial charge >= 0.3 is 5.69 Å². The van der Waals surface area contributed by atoms with Gasteiger partial charge in [-0.3, -0.25) is 15.2 Å². The quantitative estimate of drug-likeness (QED) is 0.418. The van der Waals surface area contributed by atoms with Crippen molar-refractivity contribution >= 4 is 22.9 Å². The number of rotatable bonds is 3. The number of hydrogen-bond donors (Lipinski definition) is 4. The molecule has 0 saturated heterocycles. The molecule has 0 amide bonds. The summed E-state index contributed by atoms with van der Waals surface area (Å²) in [7, 11) is 0. The van der Waals surface area contributed by atoms with E-state index < -0.39 is 11.2 Å². The molecule has 3 aromatic rings. The zero-order valence-electron chi connectivity index (χ0n) is 11.1. The molecule has 0 unspecified atom stereocenters. The number of nitrogens with one attached hydrogen (secondary N) is 4. The van der Waals surface area contributed by atoms with Crippen LogP contribution in [0.3, 0.4) is 0 Å². The van der Waals surface area contributed by atoms with Crippen LogP contribution in [0.15, 0.2) is 39.0 Å². The smallest absolute Gasteiger partial charge is 0.342 e. The standard InChI is InChI=1S/C13H12N6O2/c1-7-9(8-4-2-3-5-10(8)15-7)6-14-17-11-12(20)16-13(21)19-18-11/h2-6,15H,1H3,(H,17,18)(H2,16,19,20,21)/b14-6+. The number of anilines is 1. The fraction of sp³-hybridized carbons (Fsp3) is 0.0769. The molecule has 0 radical (unpaired) electrons. The summed E-state index contributed by atoms with van der Waals surface area (Å²) in [6.45, 7) is 1.94. The number of benzene rings is 1. The van der Waals surface area contributed by atoms with Gasteiger partial charge in [0, 0.05) is 22.2 Å². The first kappa shape index (κ1) is 12.9. The summed E-state index contributed by atoms with van der Waals surface area (Å²) in [5.74, 6) is -0.0802. The van der Waals surface area contributed by atoms with Crippen molar-refractivity contribution in [1.82, 2.24) is 20.2 Å². The highest BCUT2D eigenvalue weighted by molar-refractivity contribution is 6.00. The predicted molar refractivity (Wildman–Crippen MR) is 79.7 cm³/mol. The van der Waals surface area contributed by atoms with Crippen LogP contribution >= 0.6 is 0 Å². The molecule has 0 saturated carbocycles. The molecule has 3 rings (SSSR count). The zero-order chi connectivity index (χ0) is 14.8. The fourth-order valence-corrected chi connectivity index (χ4v) is 2.05. The van der Waals surface area contributed by atoms with Gasteiger partial charge in [0.1, 0.15) is 0 Å². The molecule has 0 aliphatic carbocycles. The van der Waals surface area contributed by atoms with E-state index in [1.54, 1.807) is 6.21 Å². The molecule has 2 aromatic heterocycles. The first-order valence-electron chi connectivity index (χ1n) is 6.20. The van der Waals surface area contributed by atoms with Crippen LogP contribution in [0, 0.1) is 6.92 Å². The van der Waals surface area contributed by atoms with E-state index in [9.17, 15) is 9.59 Å². The SMILES string of the molecule is Cc1[nH]c2ccccc2c1/C=N/Nc1n[nH]c(=O)[nH]c1=O. The van der Waals surface area contributed by atoms with Crippen molar-refractivity contribution in [1.29, 1.82) is 0 Å². The van der Waals surface area contributed by atoms with Gasteiger partial charge in [-0.2, -0.15) is 5.10 Å². The molecule has 0 fully saturated rings. The number of hydrogen-bond acceptors (Lipinski definition) is 5. The van der Waals surface area contributed by atoms with Crippen LogP contribution in [0.5, 0.6) is 0 Å². The molecule has 0 aliphatic rings. The second-order valence-electron chi connectivity index (χ2n) is 4.43. The molecule has 0 atom stereocenters. The molecule has 4 N–H and O–H groups in total. The van der Waals surface area contributed by atoms with Crippen LogP contribution in [0.4, 0.5) is 5.82 Å². The minimum Gasteiger partial charge on any atom is -0.358 e. The second kappa shape index (κ2) is 5.08. The maximum atomic E-state index is 11.4. The van der Waals surface area contributed by atoms with Crippen LogP contribution in [0.2, 0.25) is 0 Å². The average Bonchev–Trinajstić information content (AvgIpc) is 2.77.